The maximum atomic E-state index is 12.6. The van der Waals surface area contributed by atoms with Crippen molar-refractivity contribution in [1.82, 2.24) is 9.78 Å². The zero-order valence-electron chi connectivity index (χ0n) is 11.6. The number of para-hydroxylation sites is 1. The molecular formula is C17H13ClN2OS. The van der Waals surface area contributed by atoms with E-state index in [4.69, 9.17) is 11.6 Å². The minimum absolute atomic E-state index is 0.195. The van der Waals surface area contributed by atoms with Crippen molar-refractivity contribution in [3.05, 3.63) is 87.8 Å². The van der Waals surface area contributed by atoms with E-state index in [0.717, 1.165) is 11.3 Å². The molecule has 1 aromatic heterocycles. The Morgan fingerprint density at radius 3 is 2.32 bits per heavy atom. The largest absolute Gasteiger partial charge is 0.286 e. The molecule has 0 amide bonds. The highest BCUT2D eigenvalue weighted by atomic mass is 35.5. The SMILES string of the molecule is O=c1c(SCc2ccccc2)c(Cl)cnn1-c1ccccc1. The molecule has 0 radical (unpaired) electrons. The monoisotopic (exact) mass is 328 g/mol. The summed E-state index contributed by atoms with van der Waals surface area (Å²) in [5.41, 5.74) is 1.68. The molecule has 110 valence electrons. The van der Waals surface area contributed by atoms with Crippen molar-refractivity contribution in [3.8, 4) is 5.69 Å². The van der Waals surface area contributed by atoms with E-state index in [2.05, 4.69) is 5.10 Å². The molecule has 0 atom stereocenters. The van der Waals surface area contributed by atoms with E-state index in [1.165, 1.54) is 22.6 Å². The van der Waals surface area contributed by atoms with Crippen molar-refractivity contribution in [2.45, 2.75) is 10.6 Å². The second-order valence-electron chi connectivity index (χ2n) is 4.65. The van der Waals surface area contributed by atoms with Gasteiger partial charge in [0.25, 0.3) is 5.56 Å². The molecule has 0 saturated carbocycles. The lowest BCUT2D eigenvalue weighted by atomic mass is 10.2. The summed E-state index contributed by atoms with van der Waals surface area (Å²) >= 11 is 7.59. The lowest BCUT2D eigenvalue weighted by Gasteiger charge is -2.08. The first-order valence-corrected chi connectivity index (χ1v) is 8.12. The maximum Gasteiger partial charge on any atom is 0.286 e. The van der Waals surface area contributed by atoms with Gasteiger partial charge < -0.3 is 0 Å². The van der Waals surface area contributed by atoms with E-state index < -0.39 is 0 Å². The van der Waals surface area contributed by atoms with Gasteiger partial charge >= 0.3 is 0 Å². The van der Waals surface area contributed by atoms with E-state index in [1.54, 1.807) is 0 Å². The quantitative estimate of drug-likeness (QED) is 0.674. The number of halogens is 1. The second-order valence-corrected chi connectivity index (χ2v) is 6.04. The van der Waals surface area contributed by atoms with Gasteiger partial charge in [-0.05, 0) is 17.7 Å². The minimum atomic E-state index is -0.195. The predicted molar refractivity (Wildman–Crippen MR) is 90.8 cm³/mol. The highest BCUT2D eigenvalue weighted by molar-refractivity contribution is 7.98. The standard InChI is InChI=1S/C17H13ClN2OS/c18-15-11-19-20(14-9-5-2-6-10-14)17(21)16(15)22-12-13-7-3-1-4-8-13/h1-11H,12H2. The summed E-state index contributed by atoms with van der Waals surface area (Å²) in [5.74, 6) is 0.689. The number of hydrogen-bond donors (Lipinski definition) is 0. The molecule has 5 heteroatoms. The van der Waals surface area contributed by atoms with Crippen molar-refractivity contribution >= 4 is 23.4 Å². The van der Waals surface area contributed by atoms with Crippen molar-refractivity contribution in [1.29, 1.82) is 0 Å². The zero-order chi connectivity index (χ0) is 15.4. The third kappa shape index (κ3) is 3.24. The average Bonchev–Trinajstić information content (AvgIpc) is 2.56. The summed E-state index contributed by atoms with van der Waals surface area (Å²) in [6.45, 7) is 0. The molecule has 3 rings (SSSR count). The fourth-order valence-corrected chi connectivity index (χ4v) is 3.22. The molecule has 0 fully saturated rings. The normalized spacial score (nSPS) is 10.6. The second kappa shape index (κ2) is 6.81. The van der Waals surface area contributed by atoms with Crippen LogP contribution in [-0.4, -0.2) is 9.78 Å². The summed E-state index contributed by atoms with van der Waals surface area (Å²) in [6.07, 6.45) is 1.52. The Morgan fingerprint density at radius 1 is 1.00 bits per heavy atom. The topological polar surface area (TPSA) is 34.9 Å². The third-order valence-corrected chi connectivity index (χ3v) is 4.68. The van der Waals surface area contributed by atoms with Gasteiger partial charge in [0, 0.05) is 5.75 Å². The van der Waals surface area contributed by atoms with Crippen LogP contribution in [0.5, 0.6) is 0 Å². The van der Waals surface area contributed by atoms with Crippen LogP contribution in [0.4, 0.5) is 0 Å². The zero-order valence-corrected chi connectivity index (χ0v) is 13.2. The van der Waals surface area contributed by atoms with E-state index in [1.807, 2.05) is 60.7 Å². The smallest absolute Gasteiger partial charge is 0.266 e. The van der Waals surface area contributed by atoms with E-state index in [9.17, 15) is 4.79 Å². The Hall–Kier alpha value is -2.04. The molecule has 0 bridgehead atoms. The first-order chi connectivity index (χ1) is 10.8. The first kappa shape index (κ1) is 14.9. The minimum Gasteiger partial charge on any atom is -0.266 e. The molecule has 0 spiro atoms. The van der Waals surface area contributed by atoms with Crippen molar-refractivity contribution in [2.24, 2.45) is 0 Å². The number of aromatic nitrogens is 2. The summed E-state index contributed by atoms with van der Waals surface area (Å²) in [4.78, 5) is 13.1. The number of benzene rings is 2. The first-order valence-electron chi connectivity index (χ1n) is 6.75. The molecule has 2 aromatic carbocycles. The number of thioether (sulfide) groups is 1. The molecular weight excluding hydrogens is 316 g/mol. The molecule has 0 aliphatic carbocycles. The Labute approximate surface area is 137 Å². The maximum absolute atomic E-state index is 12.6. The Kier molecular flexibility index (Phi) is 4.61. The van der Waals surface area contributed by atoms with Gasteiger partial charge in [0.2, 0.25) is 0 Å². The van der Waals surface area contributed by atoms with Crippen LogP contribution in [0.1, 0.15) is 5.56 Å². The van der Waals surface area contributed by atoms with Crippen LogP contribution in [-0.2, 0) is 5.75 Å². The molecule has 0 unspecified atom stereocenters. The van der Waals surface area contributed by atoms with Gasteiger partial charge in [0.05, 0.1) is 21.8 Å². The summed E-state index contributed by atoms with van der Waals surface area (Å²) < 4.78 is 1.37. The molecule has 0 N–H and O–H groups in total. The molecule has 22 heavy (non-hydrogen) atoms. The molecule has 3 nitrogen and oxygen atoms in total. The highest BCUT2D eigenvalue weighted by Gasteiger charge is 2.12. The van der Waals surface area contributed by atoms with Crippen molar-refractivity contribution in [2.75, 3.05) is 0 Å². The van der Waals surface area contributed by atoms with Gasteiger partial charge in [-0.15, -0.1) is 11.8 Å². The fraction of sp³-hybridized carbons (Fsp3) is 0.0588. The number of hydrogen-bond acceptors (Lipinski definition) is 3. The molecule has 1 heterocycles. The number of nitrogens with zero attached hydrogens (tertiary/aromatic N) is 2. The highest BCUT2D eigenvalue weighted by Crippen LogP contribution is 2.26. The van der Waals surface area contributed by atoms with E-state index >= 15 is 0 Å². The summed E-state index contributed by atoms with van der Waals surface area (Å²) in [6, 6.07) is 19.3. The third-order valence-electron chi connectivity index (χ3n) is 3.12. The van der Waals surface area contributed by atoms with Gasteiger partial charge in [-0.2, -0.15) is 9.78 Å². The average molecular weight is 329 g/mol. The number of rotatable bonds is 4. The van der Waals surface area contributed by atoms with Gasteiger partial charge in [0.15, 0.2) is 0 Å². The van der Waals surface area contributed by atoms with Crippen LogP contribution < -0.4 is 5.56 Å². The van der Waals surface area contributed by atoms with Gasteiger partial charge in [-0.25, -0.2) is 0 Å². The van der Waals surface area contributed by atoms with Crippen LogP contribution in [0, 0.1) is 0 Å². The van der Waals surface area contributed by atoms with Crippen molar-refractivity contribution < 1.29 is 0 Å². The van der Waals surface area contributed by atoms with Crippen LogP contribution in [0.25, 0.3) is 5.69 Å². The van der Waals surface area contributed by atoms with Gasteiger partial charge in [-0.1, -0.05) is 60.1 Å². The van der Waals surface area contributed by atoms with Crippen molar-refractivity contribution in [3.63, 3.8) is 0 Å². The lowest BCUT2D eigenvalue weighted by molar-refractivity contribution is 0.782. The van der Waals surface area contributed by atoms with Crippen LogP contribution in [0.2, 0.25) is 5.02 Å². The Morgan fingerprint density at radius 2 is 1.64 bits per heavy atom. The van der Waals surface area contributed by atoms with Crippen LogP contribution >= 0.6 is 23.4 Å². The molecule has 0 saturated heterocycles. The van der Waals surface area contributed by atoms with Crippen LogP contribution in [0.3, 0.4) is 0 Å². The molecule has 0 aliphatic rings. The molecule has 3 aromatic rings. The predicted octanol–water partition coefficient (Wildman–Crippen LogP) is 4.18. The van der Waals surface area contributed by atoms with Crippen LogP contribution in [0.15, 0.2) is 76.6 Å². The van der Waals surface area contributed by atoms with E-state index in [0.29, 0.717) is 15.7 Å². The lowest BCUT2D eigenvalue weighted by Crippen LogP contribution is -2.22. The van der Waals surface area contributed by atoms with E-state index in [-0.39, 0.29) is 5.56 Å². The van der Waals surface area contributed by atoms with Gasteiger partial charge in [0.1, 0.15) is 0 Å². The summed E-state index contributed by atoms with van der Waals surface area (Å²) in [5, 5.41) is 4.51. The Balaban J connectivity index is 1.93. The summed E-state index contributed by atoms with van der Waals surface area (Å²) in [7, 11) is 0. The Bertz CT molecular complexity index is 819. The fourth-order valence-electron chi connectivity index (χ4n) is 2.03. The van der Waals surface area contributed by atoms with Gasteiger partial charge in [-0.3, -0.25) is 4.79 Å². The molecule has 0 aliphatic heterocycles.